The molecule has 5 rings (SSSR count). The molecule has 1 aliphatic rings. The molecule has 4 aromatic rings. The van der Waals surface area contributed by atoms with Gasteiger partial charge in [-0.2, -0.15) is 0 Å². The Morgan fingerprint density at radius 1 is 0.931 bits per heavy atom. The summed E-state index contributed by atoms with van der Waals surface area (Å²) in [6, 6.07) is 16.5. The molecule has 2 aromatic carbocycles. The van der Waals surface area contributed by atoms with Gasteiger partial charge in [-0.25, -0.2) is 19.3 Å². The number of H-pyrrole nitrogens is 1. The molecule has 29 heavy (non-hydrogen) atoms. The fourth-order valence-corrected chi connectivity index (χ4v) is 3.67. The van der Waals surface area contributed by atoms with Crippen LogP contribution >= 0.6 is 0 Å². The van der Waals surface area contributed by atoms with Gasteiger partial charge in [-0.1, -0.05) is 30.3 Å². The molecule has 0 saturated carbocycles. The van der Waals surface area contributed by atoms with Crippen molar-refractivity contribution in [1.29, 1.82) is 0 Å². The summed E-state index contributed by atoms with van der Waals surface area (Å²) in [6.45, 7) is 2.45. The van der Waals surface area contributed by atoms with Crippen LogP contribution in [-0.2, 0) is 19.5 Å². The van der Waals surface area contributed by atoms with Gasteiger partial charge < -0.3 is 4.98 Å². The Kier molecular flexibility index (Phi) is 4.62. The first kappa shape index (κ1) is 17.7. The van der Waals surface area contributed by atoms with E-state index in [1.165, 1.54) is 17.7 Å². The third kappa shape index (κ3) is 3.79. The second kappa shape index (κ2) is 7.56. The molecule has 2 aromatic heterocycles. The summed E-state index contributed by atoms with van der Waals surface area (Å²) in [7, 11) is 0. The first-order valence-corrected chi connectivity index (χ1v) is 9.67. The lowest BCUT2D eigenvalue weighted by Gasteiger charge is -2.27. The predicted molar refractivity (Wildman–Crippen MR) is 109 cm³/mol. The summed E-state index contributed by atoms with van der Waals surface area (Å²) in [5, 5.41) is 0. The predicted octanol–water partition coefficient (Wildman–Crippen LogP) is 4.23. The summed E-state index contributed by atoms with van der Waals surface area (Å²) < 4.78 is 13.1. The molecule has 0 amide bonds. The van der Waals surface area contributed by atoms with Gasteiger partial charge in [0.1, 0.15) is 11.6 Å². The van der Waals surface area contributed by atoms with Crippen LogP contribution in [0.4, 0.5) is 4.39 Å². The van der Waals surface area contributed by atoms with E-state index in [0.717, 1.165) is 60.2 Å². The lowest BCUT2D eigenvalue weighted by atomic mass is 10.1. The smallest absolute Gasteiger partial charge is 0.159 e. The van der Waals surface area contributed by atoms with Crippen LogP contribution in [0.25, 0.3) is 22.6 Å². The minimum absolute atomic E-state index is 0.238. The molecule has 0 aliphatic carbocycles. The molecule has 0 spiro atoms. The highest BCUT2D eigenvalue weighted by Crippen LogP contribution is 2.23. The lowest BCUT2D eigenvalue weighted by molar-refractivity contribution is 0.237. The summed E-state index contributed by atoms with van der Waals surface area (Å²) in [5.74, 6) is 1.44. The number of benzene rings is 2. The van der Waals surface area contributed by atoms with Crippen LogP contribution in [0.15, 0.2) is 67.0 Å². The Morgan fingerprint density at radius 3 is 2.59 bits per heavy atom. The average molecular weight is 385 g/mol. The topological polar surface area (TPSA) is 57.7 Å². The van der Waals surface area contributed by atoms with E-state index in [9.17, 15) is 4.39 Å². The zero-order valence-corrected chi connectivity index (χ0v) is 15.8. The van der Waals surface area contributed by atoms with Crippen molar-refractivity contribution in [3.05, 3.63) is 89.9 Å². The van der Waals surface area contributed by atoms with E-state index in [2.05, 4.69) is 19.9 Å². The van der Waals surface area contributed by atoms with Crippen LogP contribution in [0.3, 0.4) is 0 Å². The van der Waals surface area contributed by atoms with E-state index in [1.807, 2.05) is 36.5 Å². The fraction of sp³-hybridized carbons (Fsp3) is 0.174. The molecule has 0 fully saturated rings. The number of nitrogens with one attached hydrogen (secondary N) is 1. The molecule has 6 heteroatoms. The number of hydrogen-bond donors (Lipinski definition) is 1. The number of rotatable bonds is 4. The Bertz CT molecular complexity index is 1120. The first-order chi connectivity index (χ1) is 14.2. The van der Waals surface area contributed by atoms with Gasteiger partial charge in [0.15, 0.2) is 5.82 Å². The summed E-state index contributed by atoms with van der Waals surface area (Å²) in [4.78, 5) is 19.5. The molecule has 3 heterocycles. The van der Waals surface area contributed by atoms with E-state index < -0.39 is 0 Å². The van der Waals surface area contributed by atoms with Crippen LogP contribution in [0, 0.1) is 5.82 Å². The van der Waals surface area contributed by atoms with Crippen LogP contribution in [-0.4, -0.2) is 31.4 Å². The first-order valence-electron chi connectivity index (χ1n) is 9.67. The number of nitrogens with zero attached hydrogens (tertiary/aromatic N) is 4. The molecule has 0 atom stereocenters. The summed E-state index contributed by atoms with van der Waals surface area (Å²) in [5.41, 5.74) is 5.16. The zero-order valence-electron chi connectivity index (χ0n) is 15.8. The third-order valence-corrected chi connectivity index (χ3v) is 5.20. The van der Waals surface area contributed by atoms with E-state index in [-0.39, 0.29) is 5.82 Å². The molecular weight excluding hydrogens is 365 g/mol. The van der Waals surface area contributed by atoms with Crippen molar-refractivity contribution in [2.75, 3.05) is 6.54 Å². The second-order valence-corrected chi connectivity index (χ2v) is 7.24. The molecule has 1 aliphatic heterocycles. The Morgan fingerprint density at radius 2 is 1.76 bits per heavy atom. The maximum Gasteiger partial charge on any atom is 0.159 e. The number of aromatic amines is 1. The second-order valence-electron chi connectivity index (χ2n) is 7.24. The monoisotopic (exact) mass is 385 g/mol. The maximum absolute atomic E-state index is 13.1. The average Bonchev–Trinajstić information content (AvgIpc) is 3.23. The zero-order chi connectivity index (χ0) is 19.6. The molecule has 5 nitrogen and oxygen atoms in total. The van der Waals surface area contributed by atoms with Crippen molar-refractivity contribution in [2.24, 2.45) is 0 Å². The lowest BCUT2D eigenvalue weighted by Crippen LogP contribution is -2.31. The minimum Gasteiger partial charge on any atom is -0.341 e. The Labute approximate surface area is 168 Å². The van der Waals surface area contributed by atoms with Crippen molar-refractivity contribution in [3.63, 3.8) is 0 Å². The molecular formula is C23H20FN5. The number of halogens is 1. The van der Waals surface area contributed by atoms with Gasteiger partial charge in [0.2, 0.25) is 0 Å². The number of aromatic nitrogens is 4. The summed E-state index contributed by atoms with van der Waals surface area (Å²) >= 11 is 0. The van der Waals surface area contributed by atoms with Crippen LogP contribution < -0.4 is 0 Å². The molecule has 0 radical (unpaired) electrons. The van der Waals surface area contributed by atoms with Crippen molar-refractivity contribution in [3.8, 4) is 22.6 Å². The number of fused-ring (bicyclic) bond motifs is 1. The SMILES string of the molecule is Fc1ccc(-c2cnc(CN3CCc4nc(-c5ccccc5)ncc4C3)[nH]2)cc1. The number of imidazole rings is 1. The van der Waals surface area contributed by atoms with Gasteiger partial charge in [0, 0.05) is 36.8 Å². The summed E-state index contributed by atoms with van der Waals surface area (Å²) in [6.07, 6.45) is 4.64. The number of hydrogen-bond acceptors (Lipinski definition) is 4. The van der Waals surface area contributed by atoms with Gasteiger partial charge in [0.25, 0.3) is 0 Å². The van der Waals surface area contributed by atoms with E-state index >= 15 is 0 Å². The van der Waals surface area contributed by atoms with Crippen molar-refractivity contribution < 1.29 is 4.39 Å². The van der Waals surface area contributed by atoms with Gasteiger partial charge >= 0.3 is 0 Å². The van der Waals surface area contributed by atoms with Crippen molar-refractivity contribution >= 4 is 0 Å². The molecule has 0 saturated heterocycles. The van der Waals surface area contributed by atoms with Crippen LogP contribution in [0.5, 0.6) is 0 Å². The highest BCUT2D eigenvalue weighted by Gasteiger charge is 2.20. The van der Waals surface area contributed by atoms with Crippen molar-refractivity contribution in [1.82, 2.24) is 24.8 Å². The van der Waals surface area contributed by atoms with E-state index in [0.29, 0.717) is 0 Å². The molecule has 144 valence electrons. The van der Waals surface area contributed by atoms with Crippen molar-refractivity contribution in [2.45, 2.75) is 19.5 Å². The Hall–Kier alpha value is -3.38. The standard InChI is InChI=1S/C23H20FN5/c24-19-8-6-16(7-9-19)21-13-25-22(27-21)15-29-11-10-20-18(14-29)12-26-23(28-20)17-4-2-1-3-5-17/h1-9,12-13H,10-11,14-15H2,(H,25,27). The molecule has 1 N–H and O–H groups in total. The van der Waals surface area contributed by atoms with E-state index in [4.69, 9.17) is 4.98 Å². The Balaban J connectivity index is 1.29. The fourth-order valence-electron chi connectivity index (χ4n) is 3.67. The van der Waals surface area contributed by atoms with Crippen LogP contribution in [0.2, 0.25) is 0 Å². The van der Waals surface area contributed by atoms with Gasteiger partial charge in [-0.3, -0.25) is 4.90 Å². The minimum atomic E-state index is -0.238. The quantitative estimate of drug-likeness (QED) is 0.571. The maximum atomic E-state index is 13.1. The highest BCUT2D eigenvalue weighted by atomic mass is 19.1. The van der Waals surface area contributed by atoms with Gasteiger partial charge in [0.05, 0.1) is 24.1 Å². The normalized spacial score (nSPS) is 14.0. The van der Waals surface area contributed by atoms with Gasteiger partial charge in [-0.05, 0) is 29.8 Å². The van der Waals surface area contributed by atoms with Crippen LogP contribution in [0.1, 0.15) is 17.1 Å². The van der Waals surface area contributed by atoms with E-state index in [1.54, 1.807) is 18.3 Å². The van der Waals surface area contributed by atoms with Gasteiger partial charge in [-0.15, -0.1) is 0 Å². The highest BCUT2D eigenvalue weighted by molar-refractivity contribution is 5.58. The largest absolute Gasteiger partial charge is 0.341 e. The molecule has 0 unspecified atom stereocenters. The molecule has 0 bridgehead atoms. The third-order valence-electron chi connectivity index (χ3n) is 5.20.